The van der Waals surface area contributed by atoms with Gasteiger partial charge in [-0.05, 0) is 39.0 Å². The average molecular weight is 348 g/mol. The molecule has 3 aromatic rings. The Labute approximate surface area is 145 Å². The summed E-state index contributed by atoms with van der Waals surface area (Å²) in [4.78, 5) is 9.03. The second-order valence-corrected chi connectivity index (χ2v) is 6.79. The molecule has 0 fully saturated rings. The van der Waals surface area contributed by atoms with Crippen LogP contribution in [0.2, 0.25) is 0 Å². The third-order valence-electron chi connectivity index (χ3n) is 3.38. The van der Waals surface area contributed by atoms with Gasteiger partial charge < -0.3 is 4.74 Å². The molecule has 0 saturated heterocycles. The van der Waals surface area contributed by atoms with E-state index < -0.39 is 0 Å². The summed E-state index contributed by atoms with van der Waals surface area (Å²) in [5.74, 6) is 2.34. The number of imidazole rings is 1. The number of hydrogen-bond acceptors (Lipinski definition) is 4. The lowest BCUT2D eigenvalue weighted by atomic mass is 10.3. The maximum absolute atomic E-state index is 6.36. The van der Waals surface area contributed by atoms with Gasteiger partial charge >= 0.3 is 0 Å². The molecule has 0 aliphatic heterocycles. The average Bonchev–Trinajstić information content (AvgIpc) is 2.85. The summed E-state index contributed by atoms with van der Waals surface area (Å²) in [5.41, 5.74) is 2.87. The third-order valence-corrected chi connectivity index (χ3v) is 4.84. The summed E-state index contributed by atoms with van der Waals surface area (Å²) in [7, 11) is 0. The molecule has 0 amide bonds. The number of para-hydroxylation sites is 2. The molecule has 0 spiro atoms. The van der Waals surface area contributed by atoms with Crippen molar-refractivity contribution < 1.29 is 4.74 Å². The van der Waals surface area contributed by atoms with Gasteiger partial charge in [0.2, 0.25) is 0 Å². The van der Waals surface area contributed by atoms with E-state index in [2.05, 4.69) is 9.97 Å². The van der Waals surface area contributed by atoms with E-state index in [1.54, 1.807) is 22.0 Å². The number of pyridine rings is 1. The van der Waals surface area contributed by atoms with E-state index in [0.717, 1.165) is 33.2 Å². The van der Waals surface area contributed by atoms with Crippen LogP contribution >= 0.6 is 23.5 Å². The number of ether oxygens (including phenoxy) is 1. The predicted octanol–water partition coefficient (Wildman–Crippen LogP) is 4.82. The van der Waals surface area contributed by atoms with E-state index in [1.165, 1.54) is 0 Å². The van der Waals surface area contributed by atoms with Crippen LogP contribution in [0.15, 0.2) is 41.6 Å². The molecule has 0 aliphatic carbocycles. The molecule has 0 bridgehead atoms. The molecule has 0 radical (unpaired) electrons. The number of rotatable bonds is 5. The summed E-state index contributed by atoms with van der Waals surface area (Å²) in [6.45, 7) is 6.06. The highest BCUT2D eigenvalue weighted by Crippen LogP contribution is 2.30. The van der Waals surface area contributed by atoms with Gasteiger partial charge in [0.15, 0.2) is 0 Å². The molecule has 1 aromatic carbocycles. The fourth-order valence-corrected chi connectivity index (χ4v) is 3.52. The van der Waals surface area contributed by atoms with E-state index in [9.17, 15) is 0 Å². The highest BCUT2D eigenvalue weighted by atomic mass is 35.5. The van der Waals surface area contributed by atoms with Gasteiger partial charge in [-0.2, -0.15) is 0 Å². The van der Waals surface area contributed by atoms with Crippen molar-refractivity contribution in [3.8, 4) is 5.75 Å². The number of benzene rings is 1. The second-order valence-electron chi connectivity index (χ2n) is 5.49. The van der Waals surface area contributed by atoms with Gasteiger partial charge in [0.1, 0.15) is 16.6 Å². The third kappa shape index (κ3) is 3.46. The first-order chi connectivity index (χ1) is 11.1. The van der Waals surface area contributed by atoms with E-state index in [1.807, 2.05) is 51.1 Å². The minimum absolute atomic E-state index is 0.140. The largest absolute Gasteiger partial charge is 0.491 e. The first kappa shape index (κ1) is 16.1. The first-order valence-corrected chi connectivity index (χ1v) is 8.76. The minimum atomic E-state index is 0.140. The van der Waals surface area contributed by atoms with Crippen molar-refractivity contribution in [3.05, 3.63) is 47.9 Å². The second kappa shape index (κ2) is 6.81. The molecule has 2 heterocycles. The van der Waals surface area contributed by atoms with Gasteiger partial charge in [-0.15, -0.1) is 0 Å². The number of nitrogens with zero attached hydrogens (tertiary/aromatic N) is 3. The van der Waals surface area contributed by atoms with E-state index in [4.69, 9.17) is 16.5 Å². The lowest BCUT2D eigenvalue weighted by Crippen LogP contribution is -2.07. The normalized spacial score (nSPS) is 11.3. The number of fused-ring (bicyclic) bond motifs is 1. The molecular formula is C17H18ClN3OS. The van der Waals surface area contributed by atoms with Gasteiger partial charge in [-0.1, -0.05) is 23.9 Å². The van der Waals surface area contributed by atoms with E-state index in [-0.39, 0.29) is 6.10 Å². The predicted molar refractivity (Wildman–Crippen MR) is 95.3 cm³/mol. The van der Waals surface area contributed by atoms with Crippen molar-refractivity contribution in [1.82, 2.24) is 14.1 Å². The molecule has 120 valence electrons. The zero-order valence-electron chi connectivity index (χ0n) is 13.3. The van der Waals surface area contributed by atoms with Crippen LogP contribution in [0.4, 0.5) is 0 Å². The first-order valence-electron chi connectivity index (χ1n) is 7.44. The number of thioether (sulfide) groups is 1. The molecule has 0 N–H and O–H groups in total. The van der Waals surface area contributed by atoms with Crippen LogP contribution in [0.5, 0.6) is 5.75 Å². The Morgan fingerprint density at radius 1 is 1.26 bits per heavy atom. The van der Waals surface area contributed by atoms with E-state index in [0.29, 0.717) is 5.75 Å². The van der Waals surface area contributed by atoms with Crippen LogP contribution < -0.4 is 4.74 Å². The van der Waals surface area contributed by atoms with Crippen molar-refractivity contribution in [2.45, 2.75) is 37.7 Å². The molecule has 4 nitrogen and oxygen atoms in total. The lowest BCUT2D eigenvalue weighted by molar-refractivity contribution is 0.239. The van der Waals surface area contributed by atoms with Gasteiger partial charge in [0, 0.05) is 23.5 Å². The SMILES string of the molecule is Cc1c(OC(C)C)ccnc1SCc1nc2ccccc2n1Cl. The smallest absolute Gasteiger partial charge is 0.135 e. The minimum Gasteiger partial charge on any atom is -0.491 e. The van der Waals surface area contributed by atoms with Crippen molar-refractivity contribution in [3.63, 3.8) is 0 Å². The van der Waals surface area contributed by atoms with Gasteiger partial charge in [-0.3, -0.25) is 0 Å². The Bertz CT molecular complexity index is 832. The Morgan fingerprint density at radius 3 is 2.78 bits per heavy atom. The fraction of sp³-hybridized carbons (Fsp3) is 0.294. The van der Waals surface area contributed by atoms with Crippen LogP contribution in [0, 0.1) is 6.92 Å². The zero-order chi connectivity index (χ0) is 16.4. The van der Waals surface area contributed by atoms with Gasteiger partial charge in [0.05, 0.1) is 22.9 Å². The lowest BCUT2D eigenvalue weighted by Gasteiger charge is -2.14. The summed E-state index contributed by atoms with van der Waals surface area (Å²) in [6.07, 6.45) is 1.91. The fourth-order valence-electron chi connectivity index (χ4n) is 2.30. The van der Waals surface area contributed by atoms with Crippen molar-refractivity contribution in [1.29, 1.82) is 0 Å². The highest BCUT2D eigenvalue weighted by Gasteiger charge is 2.12. The van der Waals surface area contributed by atoms with E-state index >= 15 is 0 Å². The molecule has 23 heavy (non-hydrogen) atoms. The van der Waals surface area contributed by atoms with Crippen LogP contribution in [0.25, 0.3) is 11.0 Å². The number of halogens is 1. The molecule has 0 unspecified atom stereocenters. The van der Waals surface area contributed by atoms with Gasteiger partial charge in [0.25, 0.3) is 0 Å². The molecule has 0 atom stereocenters. The maximum atomic E-state index is 6.36. The maximum Gasteiger partial charge on any atom is 0.135 e. The summed E-state index contributed by atoms with van der Waals surface area (Å²) < 4.78 is 7.43. The standard InChI is InChI=1S/C17H18ClN3OS/c1-11(2)22-15-8-9-19-17(12(15)3)23-10-16-20-13-6-4-5-7-14(13)21(16)18/h4-9,11H,10H2,1-3H3. The van der Waals surface area contributed by atoms with Crippen molar-refractivity contribution >= 4 is 34.6 Å². The molecule has 6 heteroatoms. The van der Waals surface area contributed by atoms with Crippen LogP contribution in [-0.4, -0.2) is 20.2 Å². The molecule has 0 saturated carbocycles. The molecule has 3 rings (SSSR count). The zero-order valence-corrected chi connectivity index (χ0v) is 14.9. The van der Waals surface area contributed by atoms with Crippen LogP contribution in [0.1, 0.15) is 25.2 Å². The summed E-state index contributed by atoms with van der Waals surface area (Å²) in [6, 6.07) is 9.74. The van der Waals surface area contributed by atoms with Crippen LogP contribution in [-0.2, 0) is 5.75 Å². The Morgan fingerprint density at radius 2 is 2.04 bits per heavy atom. The number of aromatic nitrogens is 3. The Kier molecular flexibility index (Phi) is 4.78. The van der Waals surface area contributed by atoms with Crippen LogP contribution in [0.3, 0.4) is 0 Å². The Balaban J connectivity index is 1.81. The number of hydrogen-bond donors (Lipinski definition) is 0. The molecule has 2 aromatic heterocycles. The van der Waals surface area contributed by atoms with Gasteiger partial charge in [-0.25, -0.2) is 14.1 Å². The Hall–Kier alpha value is -1.72. The van der Waals surface area contributed by atoms with Crippen molar-refractivity contribution in [2.24, 2.45) is 0 Å². The highest BCUT2D eigenvalue weighted by molar-refractivity contribution is 7.98. The summed E-state index contributed by atoms with van der Waals surface area (Å²) in [5, 5.41) is 0.937. The monoisotopic (exact) mass is 347 g/mol. The van der Waals surface area contributed by atoms with Crippen molar-refractivity contribution in [2.75, 3.05) is 0 Å². The topological polar surface area (TPSA) is 39.9 Å². The summed E-state index contributed by atoms with van der Waals surface area (Å²) >= 11 is 7.97. The molecular weight excluding hydrogens is 330 g/mol. The molecule has 0 aliphatic rings. The quantitative estimate of drug-likeness (QED) is 0.620.